The zero-order valence-corrected chi connectivity index (χ0v) is 11.7. The smallest absolute Gasteiger partial charge is 0.239 e. The molecule has 100 valence electrons. The number of hydrogen-bond donors (Lipinski definition) is 2. The third-order valence-corrected chi connectivity index (χ3v) is 2.60. The molecule has 1 amide bonds. The normalized spacial score (nSPS) is 10.5. The molecule has 0 heterocycles. The zero-order valence-electron chi connectivity index (χ0n) is 11.7. The molecule has 4 nitrogen and oxygen atoms in total. The van der Waals surface area contributed by atoms with E-state index in [2.05, 4.69) is 16.7 Å². The Hall–Kier alpha value is -1.55. The van der Waals surface area contributed by atoms with Gasteiger partial charge in [0.1, 0.15) is 0 Å². The van der Waals surface area contributed by atoms with Gasteiger partial charge in [0.25, 0.3) is 0 Å². The molecule has 0 unspecified atom stereocenters. The van der Waals surface area contributed by atoms with E-state index in [1.807, 2.05) is 51.0 Å². The summed E-state index contributed by atoms with van der Waals surface area (Å²) in [6.07, 6.45) is 0. The molecule has 18 heavy (non-hydrogen) atoms. The molecule has 1 rings (SSSR count). The van der Waals surface area contributed by atoms with Crippen molar-refractivity contribution in [3.63, 3.8) is 0 Å². The number of nitrogens with zero attached hydrogens (tertiary/aromatic N) is 1. The minimum Gasteiger partial charge on any atom is -0.365 e. The molecule has 0 saturated heterocycles. The fourth-order valence-electron chi connectivity index (χ4n) is 1.89. The first-order valence-electron chi connectivity index (χ1n) is 6.27. The minimum atomic E-state index is 0.0479. The highest BCUT2D eigenvalue weighted by molar-refractivity contribution is 5.81. The summed E-state index contributed by atoms with van der Waals surface area (Å²) in [6, 6.07) is 8.29. The third-order valence-electron chi connectivity index (χ3n) is 2.60. The molecule has 0 radical (unpaired) electrons. The monoisotopic (exact) mass is 249 g/mol. The molecule has 2 N–H and O–H groups in total. The lowest BCUT2D eigenvalue weighted by atomic mass is 10.1. The predicted molar refractivity (Wildman–Crippen MR) is 75.8 cm³/mol. The van der Waals surface area contributed by atoms with Crippen LogP contribution < -0.4 is 15.5 Å². The van der Waals surface area contributed by atoms with E-state index in [1.165, 1.54) is 5.56 Å². The van der Waals surface area contributed by atoms with E-state index < -0.39 is 0 Å². The number of amides is 1. The molecule has 1 aromatic carbocycles. The Morgan fingerprint density at radius 2 is 2.00 bits per heavy atom. The average molecular weight is 249 g/mol. The van der Waals surface area contributed by atoms with E-state index in [0.717, 1.165) is 12.2 Å². The molecule has 0 aliphatic rings. The van der Waals surface area contributed by atoms with Gasteiger partial charge in [0, 0.05) is 25.3 Å². The number of benzene rings is 1. The van der Waals surface area contributed by atoms with Crippen LogP contribution in [0.5, 0.6) is 0 Å². The molecular formula is C14H23N3O. The van der Waals surface area contributed by atoms with Gasteiger partial charge in [0.05, 0.1) is 6.54 Å². The van der Waals surface area contributed by atoms with Gasteiger partial charge in [0.15, 0.2) is 0 Å². The number of carbonyl (C=O) groups excluding carboxylic acids is 1. The second kappa shape index (κ2) is 7.01. The minimum absolute atomic E-state index is 0.0479. The van der Waals surface area contributed by atoms with Crippen LogP contribution in [-0.4, -0.2) is 32.6 Å². The van der Waals surface area contributed by atoms with Crippen LogP contribution in [-0.2, 0) is 11.3 Å². The number of rotatable bonds is 6. The van der Waals surface area contributed by atoms with Gasteiger partial charge in [-0.05, 0) is 32.5 Å². The Morgan fingerprint density at radius 1 is 1.33 bits per heavy atom. The molecule has 0 spiro atoms. The average Bonchev–Trinajstić information content (AvgIpc) is 2.28. The van der Waals surface area contributed by atoms with Crippen LogP contribution in [0.4, 0.5) is 5.69 Å². The Kier molecular flexibility index (Phi) is 5.65. The molecule has 0 aliphatic carbocycles. The summed E-state index contributed by atoms with van der Waals surface area (Å²) in [7, 11) is 3.86. The summed E-state index contributed by atoms with van der Waals surface area (Å²) in [5.74, 6) is 0.0479. The lowest BCUT2D eigenvalue weighted by Crippen LogP contribution is -2.38. The Balaban J connectivity index is 2.71. The van der Waals surface area contributed by atoms with E-state index in [-0.39, 0.29) is 11.9 Å². The van der Waals surface area contributed by atoms with Crippen molar-refractivity contribution in [3.8, 4) is 0 Å². The van der Waals surface area contributed by atoms with Crippen molar-refractivity contribution >= 4 is 11.6 Å². The summed E-state index contributed by atoms with van der Waals surface area (Å²) >= 11 is 0. The highest BCUT2D eigenvalue weighted by Gasteiger charge is 2.10. The van der Waals surface area contributed by atoms with Crippen molar-refractivity contribution in [2.24, 2.45) is 0 Å². The van der Waals surface area contributed by atoms with E-state index in [1.54, 1.807) is 0 Å². The lowest BCUT2D eigenvalue weighted by molar-refractivity contribution is -0.120. The molecule has 0 fully saturated rings. The number of carbonyl (C=O) groups is 1. The first-order chi connectivity index (χ1) is 8.54. The Morgan fingerprint density at radius 3 is 2.61 bits per heavy atom. The molecular weight excluding hydrogens is 226 g/mol. The maximum absolute atomic E-state index is 11.7. The summed E-state index contributed by atoms with van der Waals surface area (Å²) in [4.78, 5) is 13.7. The first kappa shape index (κ1) is 14.5. The molecule has 0 saturated carbocycles. The van der Waals surface area contributed by atoms with Gasteiger partial charge in [-0.25, -0.2) is 0 Å². The van der Waals surface area contributed by atoms with Crippen molar-refractivity contribution < 1.29 is 4.79 Å². The molecule has 0 aliphatic heterocycles. The summed E-state index contributed by atoms with van der Waals surface area (Å²) in [6.45, 7) is 5.10. The van der Waals surface area contributed by atoms with Crippen molar-refractivity contribution in [3.05, 3.63) is 29.8 Å². The van der Waals surface area contributed by atoms with E-state index in [0.29, 0.717) is 6.54 Å². The van der Waals surface area contributed by atoms with Gasteiger partial charge in [-0.15, -0.1) is 0 Å². The van der Waals surface area contributed by atoms with Crippen LogP contribution in [0.1, 0.15) is 19.4 Å². The van der Waals surface area contributed by atoms with Crippen molar-refractivity contribution in [1.29, 1.82) is 0 Å². The quantitative estimate of drug-likeness (QED) is 0.800. The second-order valence-corrected chi connectivity index (χ2v) is 4.74. The SMILES string of the molecule is CNCc1ccccc1N(C)CC(=O)NC(C)C. The van der Waals surface area contributed by atoms with Crippen molar-refractivity contribution in [1.82, 2.24) is 10.6 Å². The number of para-hydroxylation sites is 1. The Bertz CT molecular complexity index is 390. The maximum Gasteiger partial charge on any atom is 0.239 e. The summed E-state index contributed by atoms with van der Waals surface area (Å²) < 4.78 is 0. The highest BCUT2D eigenvalue weighted by atomic mass is 16.2. The number of nitrogens with one attached hydrogen (secondary N) is 2. The molecule has 4 heteroatoms. The maximum atomic E-state index is 11.7. The van der Waals surface area contributed by atoms with Gasteiger partial charge in [-0.3, -0.25) is 4.79 Å². The Labute approximate surface area is 109 Å². The van der Waals surface area contributed by atoms with Gasteiger partial charge in [0.2, 0.25) is 5.91 Å². The van der Waals surface area contributed by atoms with Crippen LogP contribution in [0.2, 0.25) is 0 Å². The summed E-state index contributed by atoms with van der Waals surface area (Å²) in [5, 5.41) is 6.04. The molecule has 1 aromatic rings. The third kappa shape index (κ3) is 4.37. The van der Waals surface area contributed by atoms with E-state index in [4.69, 9.17) is 0 Å². The second-order valence-electron chi connectivity index (χ2n) is 4.74. The topological polar surface area (TPSA) is 44.4 Å². The first-order valence-corrected chi connectivity index (χ1v) is 6.27. The number of anilines is 1. The van der Waals surface area contributed by atoms with Gasteiger partial charge >= 0.3 is 0 Å². The largest absolute Gasteiger partial charge is 0.365 e. The van der Waals surface area contributed by atoms with Gasteiger partial charge in [-0.1, -0.05) is 18.2 Å². The van der Waals surface area contributed by atoms with Crippen LogP contribution in [0.25, 0.3) is 0 Å². The van der Waals surface area contributed by atoms with Crippen molar-refractivity contribution in [2.45, 2.75) is 26.4 Å². The van der Waals surface area contributed by atoms with E-state index in [9.17, 15) is 4.79 Å². The highest BCUT2D eigenvalue weighted by Crippen LogP contribution is 2.18. The van der Waals surface area contributed by atoms with Crippen LogP contribution in [0.3, 0.4) is 0 Å². The van der Waals surface area contributed by atoms with Crippen LogP contribution in [0, 0.1) is 0 Å². The number of likely N-dealkylation sites (N-methyl/N-ethyl adjacent to an activating group) is 1. The van der Waals surface area contributed by atoms with Crippen LogP contribution >= 0.6 is 0 Å². The fourth-order valence-corrected chi connectivity index (χ4v) is 1.89. The lowest BCUT2D eigenvalue weighted by Gasteiger charge is -2.22. The summed E-state index contributed by atoms with van der Waals surface area (Å²) in [5.41, 5.74) is 2.28. The van der Waals surface area contributed by atoms with Gasteiger partial charge in [-0.2, -0.15) is 0 Å². The van der Waals surface area contributed by atoms with Crippen LogP contribution in [0.15, 0.2) is 24.3 Å². The fraction of sp³-hybridized carbons (Fsp3) is 0.500. The van der Waals surface area contributed by atoms with Gasteiger partial charge < -0.3 is 15.5 Å². The zero-order chi connectivity index (χ0) is 13.5. The standard InChI is InChI=1S/C14H23N3O/c1-11(2)16-14(18)10-17(4)13-8-6-5-7-12(13)9-15-3/h5-8,11,15H,9-10H2,1-4H3,(H,16,18). The molecule has 0 bridgehead atoms. The number of hydrogen-bond acceptors (Lipinski definition) is 3. The molecule has 0 aromatic heterocycles. The molecule has 0 atom stereocenters. The van der Waals surface area contributed by atoms with Crippen molar-refractivity contribution in [2.75, 3.05) is 25.5 Å². The predicted octanol–water partition coefficient (Wildman–Crippen LogP) is 1.37. The van der Waals surface area contributed by atoms with E-state index >= 15 is 0 Å².